The van der Waals surface area contributed by atoms with Gasteiger partial charge in [0.25, 0.3) is 0 Å². The van der Waals surface area contributed by atoms with Gasteiger partial charge in [-0.05, 0) is 25.0 Å². The van der Waals surface area contributed by atoms with Crippen LogP contribution in [0.1, 0.15) is 25.7 Å². The zero-order chi connectivity index (χ0) is 18.7. The lowest BCUT2D eigenvalue weighted by molar-refractivity contribution is -0.123. The van der Waals surface area contributed by atoms with E-state index in [4.69, 9.17) is 23.2 Å². The number of benzene rings is 1. The van der Waals surface area contributed by atoms with E-state index < -0.39 is 10.0 Å². The maximum absolute atomic E-state index is 12.8. The number of sulfonamides is 1. The summed E-state index contributed by atoms with van der Waals surface area (Å²) in [5.74, 6) is 0.0195. The van der Waals surface area contributed by atoms with Crippen molar-refractivity contribution in [2.75, 3.05) is 32.7 Å². The van der Waals surface area contributed by atoms with Crippen LogP contribution in [0, 0.1) is 0 Å². The van der Waals surface area contributed by atoms with Crippen LogP contribution in [0.5, 0.6) is 0 Å². The number of carbonyl (C=O) groups excluding carboxylic acids is 1. The van der Waals surface area contributed by atoms with Crippen molar-refractivity contribution in [3.05, 3.63) is 28.2 Å². The summed E-state index contributed by atoms with van der Waals surface area (Å²) in [4.78, 5) is 14.1. The van der Waals surface area contributed by atoms with Gasteiger partial charge < -0.3 is 5.32 Å². The Morgan fingerprint density at radius 1 is 1.12 bits per heavy atom. The molecule has 0 aromatic heterocycles. The molecular formula is C17H23Cl2N3O3S. The minimum atomic E-state index is -3.70. The summed E-state index contributed by atoms with van der Waals surface area (Å²) < 4.78 is 27.0. The molecule has 1 aliphatic heterocycles. The Morgan fingerprint density at radius 2 is 1.77 bits per heavy atom. The second-order valence-electron chi connectivity index (χ2n) is 6.78. The highest BCUT2D eigenvalue weighted by Crippen LogP contribution is 2.31. The Bertz CT molecular complexity index is 759. The average Bonchev–Trinajstić information content (AvgIpc) is 3.10. The Morgan fingerprint density at radius 3 is 2.42 bits per heavy atom. The largest absolute Gasteiger partial charge is 0.352 e. The number of piperazine rings is 1. The minimum absolute atomic E-state index is 0.0195. The smallest absolute Gasteiger partial charge is 0.244 e. The number of nitrogens with zero attached hydrogens (tertiary/aromatic N) is 2. The second-order valence-corrected chi connectivity index (χ2v) is 9.47. The number of carbonyl (C=O) groups is 1. The SMILES string of the molecule is O=C(CN1CCN(S(=O)(=O)c2cccc(Cl)c2Cl)CC1)NC1CCCC1. The molecule has 1 aromatic rings. The lowest BCUT2D eigenvalue weighted by atomic mass is 10.2. The van der Waals surface area contributed by atoms with Crippen LogP contribution in [0.2, 0.25) is 10.0 Å². The lowest BCUT2D eigenvalue weighted by Crippen LogP contribution is -2.51. The number of halogens is 2. The van der Waals surface area contributed by atoms with Gasteiger partial charge in [-0.1, -0.05) is 42.1 Å². The summed E-state index contributed by atoms with van der Waals surface area (Å²) in [5, 5.41) is 3.33. The Kier molecular flexibility index (Phi) is 6.45. The molecule has 1 saturated heterocycles. The normalized spacial score (nSPS) is 20.4. The summed E-state index contributed by atoms with van der Waals surface area (Å²) in [7, 11) is -3.70. The molecule has 1 heterocycles. The first-order valence-electron chi connectivity index (χ1n) is 8.84. The summed E-state index contributed by atoms with van der Waals surface area (Å²) in [5.41, 5.74) is 0. The van der Waals surface area contributed by atoms with E-state index in [1.165, 1.54) is 23.2 Å². The first kappa shape index (κ1) is 19.9. The van der Waals surface area contributed by atoms with E-state index in [0.717, 1.165) is 12.8 Å². The Balaban J connectivity index is 1.56. The fourth-order valence-electron chi connectivity index (χ4n) is 3.50. The first-order valence-corrected chi connectivity index (χ1v) is 11.0. The van der Waals surface area contributed by atoms with Gasteiger partial charge in [-0.25, -0.2) is 8.42 Å². The van der Waals surface area contributed by atoms with Crippen molar-refractivity contribution in [2.45, 2.75) is 36.6 Å². The fourth-order valence-corrected chi connectivity index (χ4v) is 5.66. The van der Waals surface area contributed by atoms with E-state index in [0.29, 0.717) is 38.8 Å². The molecule has 0 bridgehead atoms. The number of hydrogen-bond donors (Lipinski definition) is 1. The third-order valence-electron chi connectivity index (χ3n) is 4.95. The van der Waals surface area contributed by atoms with Crippen molar-refractivity contribution in [2.24, 2.45) is 0 Å². The molecule has 2 aliphatic rings. The summed E-state index contributed by atoms with van der Waals surface area (Å²) in [6.07, 6.45) is 4.46. The molecule has 1 aromatic carbocycles. The van der Waals surface area contributed by atoms with E-state index in [-0.39, 0.29) is 20.8 Å². The highest BCUT2D eigenvalue weighted by molar-refractivity contribution is 7.89. The number of amides is 1. The molecule has 3 rings (SSSR count). The molecule has 0 radical (unpaired) electrons. The quantitative estimate of drug-likeness (QED) is 0.794. The molecule has 1 aliphatic carbocycles. The second kappa shape index (κ2) is 8.44. The van der Waals surface area contributed by atoms with Gasteiger partial charge in [0.2, 0.25) is 15.9 Å². The number of hydrogen-bond acceptors (Lipinski definition) is 4. The van der Waals surface area contributed by atoms with E-state index in [2.05, 4.69) is 5.32 Å². The van der Waals surface area contributed by atoms with Crippen molar-refractivity contribution in [1.82, 2.24) is 14.5 Å². The summed E-state index contributed by atoms with van der Waals surface area (Å²) in [6, 6.07) is 4.90. The van der Waals surface area contributed by atoms with Crippen molar-refractivity contribution in [3.8, 4) is 0 Å². The molecule has 144 valence electrons. The van der Waals surface area contributed by atoms with Crippen molar-refractivity contribution in [1.29, 1.82) is 0 Å². The van der Waals surface area contributed by atoms with E-state index in [9.17, 15) is 13.2 Å². The maximum atomic E-state index is 12.8. The van der Waals surface area contributed by atoms with E-state index in [1.807, 2.05) is 4.90 Å². The van der Waals surface area contributed by atoms with Crippen molar-refractivity contribution >= 4 is 39.1 Å². The zero-order valence-corrected chi connectivity index (χ0v) is 16.8. The lowest BCUT2D eigenvalue weighted by Gasteiger charge is -2.33. The number of rotatable bonds is 5. The van der Waals surface area contributed by atoms with Crippen LogP contribution < -0.4 is 5.32 Å². The van der Waals surface area contributed by atoms with Gasteiger partial charge in [0.05, 0.1) is 16.6 Å². The minimum Gasteiger partial charge on any atom is -0.352 e. The molecule has 2 fully saturated rings. The first-order chi connectivity index (χ1) is 12.4. The van der Waals surface area contributed by atoms with Gasteiger partial charge in [0.1, 0.15) is 4.90 Å². The number of nitrogens with one attached hydrogen (secondary N) is 1. The van der Waals surface area contributed by atoms with Crippen LogP contribution in [0.15, 0.2) is 23.1 Å². The van der Waals surface area contributed by atoms with E-state index in [1.54, 1.807) is 12.1 Å². The molecule has 0 atom stereocenters. The molecule has 26 heavy (non-hydrogen) atoms. The van der Waals surface area contributed by atoms with Gasteiger partial charge in [-0.2, -0.15) is 4.31 Å². The predicted molar refractivity (Wildman–Crippen MR) is 102 cm³/mol. The topological polar surface area (TPSA) is 69.7 Å². The van der Waals surface area contributed by atoms with Crippen molar-refractivity contribution < 1.29 is 13.2 Å². The van der Waals surface area contributed by atoms with Gasteiger partial charge in [0, 0.05) is 32.2 Å². The maximum Gasteiger partial charge on any atom is 0.244 e. The van der Waals surface area contributed by atoms with Crippen LogP contribution in [-0.2, 0) is 14.8 Å². The van der Waals surface area contributed by atoms with Crippen LogP contribution in [0.3, 0.4) is 0 Å². The van der Waals surface area contributed by atoms with Gasteiger partial charge >= 0.3 is 0 Å². The van der Waals surface area contributed by atoms with Crippen LogP contribution >= 0.6 is 23.2 Å². The highest BCUT2D eigenvalue weighted by atomic mass is 35.5. The molecule has 1 N–H and O–H groups in total. The fraction of sp³-hybridized carbons (Fsp3) is 0.588. The molecule has 9 heteroatoms. The van der Waals surface area contributed by atoms with Crippen molar-refractivity contribution in [3.63, 3.8) is 0 Å². The molecule has 0 unspecified atom stereocenters. The van der Waals surface area contributed by atoms with Gasteiger partial charge in [0.15, 0.2) is 0 Å². The molecular weight excluding hydrogens is 397 g/mol. The molecule has 6 nitrogen and oxygen atoms in total. The van der Waals surface area contributed by atoms with Crippen LogP contribution in [-0.4, -0.2) is 62.3 Å². The Hall–Kier alpha value is -0.860. The standard InChI is InChI=1S/C17H23Cl2N3O3S/c18-14-6-3-7-15(17(14)19)26(24,25)22-10-8-21(9-11-22)12-16(23)20-13-4-1-2-5-13/h3,6-7,13H,1-2,4-5,8-12H2,(H,20,23). The predicted octanol–water partition coefficient (Wildman–Crippen LogP) is 2.36. The average molecular weight is 420 g/mol. The zero-order valence-electron chi connectivity index (χ0n) is 14.5. The molecule has 1 amide bonds. The highest BCUT2D eigenvalue weighted by Gasteiger charge is 2.31. The van der Waals surface area contributed by atoms with Gasteiger partial charge in [-0.3, -0.25) is 9.69 Å². The summed E-state index contributed by atoms with van der Waals surface area (Å²) in [6.45, 7) is 1.97. The molecule has 1 saturated carbocycles. The third-order valence-corrected chi connectivity index (χ3v) is 7.82. The van der Waals surface area contributed by atoms with E-state index >= 15 is 0 Å². The monoisotopic (exact) mass is 419 g/mol. The Labute approximate surface area is 164 Å². The summed E-state index contributed by atoms with van der Waals surface area (Å²) >= 11 is 12.0. The van der Waals surface area contributed by atoms with Crippen LogP contribution in [0.25, 0.3) is 0 Å². The third kappa shape index (κ3) is 4.51. The van der Waals surface area contributed by atoms with Gasteiger partial charge in [-0.15, -0.1) is 0 Å². The molecule has 0 spiro atoms. The van der Waals surface area contributed by atoms with Crippen LogP contribution in [0.4, 0.5) is 0 Å².